The van der Waals surface area contributed by atoms with Crippen LogP contribution in [0.3, 0.4) is 0 Å². The molecule has 0 saturated carbocycles. The molecule has 0 radical (unpaired) electrons. The van der Waals surface area contributed by atoms with E-state index in [2.05, 4.69) is 37.5 Å². The monoisotopic (exact) mass is 262 g/mol. The second kappa shape index (κ2) is 6.44. The summed E-state index contributed by atoms with van der Waals surface area (Å²) in [4.78, 5) is 10.9. The number of carbonyl (C=O) groups excluding carboxylic acids is 1. The molecule has 3 nitrogen and oxygen atoms in total. The standard InChI is InChI=1S/C11H26O3Si2/c1-13-11(12)14-10-16(5,6)9-7-8-15(2,3)4/h7-10H2,1-6H3. The summed E-state index contributed by atoms with van der Waals surface area (Å²) in [7, 11) is -0.953. The lowest BCUT2D eigenvalue weighted by Gasteiger charge is -2.23. The van der Waals surface area contributed by atoms with Crippen molar-refractivity contribution in [3.8, 4) is 0 Å². The van der Waals surface area contributed by atoms with Crippen LogP contribution in [-0.4, -0.2) is 35.6 Å². The van der Waals surface area contributed by atoms with Gasteiger partial charge in [0.1, 0.15) is 0 Å². The number of hydrogen-bond acceptors (Lipinski definition) is 3. The van der Waals surface area contributed by atoms with Crippen molar-refractivity contribution in [2.45, 2.75) is 51.2 Å². The van der Waals surface area contributed by atoms with Crippen LogP contribution in [0.5, 0.6) is 0 Å². The molecule has 0 aliphatic rings. The highest BCUT2D eigenvalue weighted by Gasteiger charge is 2.24. The normalized spacial score (nSPS) is 12.4. The van der Waals surface area contributed by atoms with E-state index in [1.54, 1.807) is 0 Å². The van der Waals surface area contributed by atoms with E-state index in [0.717, 1.165) is 0 Å². The summed E-state index contributed by atoms with van der Waals surface area (Å²) >= 11 is 0. The van der Waals surface area contributed by atoms with Crippen molar-refractivity contribution in [3.63, 3.8) is 0 Å². The van der Waals surface area contributed by atoms with Crippen LogP contribution >= 0.6 is 0 Å². The van der Waals surface area contributed by atoms with Crippen molar-refractivity contribution in [1.29, 1.82) is 0 Å². The van der Waals surface area contributed by atoms with Gasteiger partial charge in [0, 0.05) is 8.07 Å². The minimum Gasteiger partial charge on any atom is -0.438 e. The Bertz CT molecular complexity index is 222. The highest BCUT2D eigenvalue weighted by atomic mass is 28.3. The summed E-state index contributed by atoms with van der Waals surface area (Å²) in [6, 6.07) is 2.59. The molecule has 0 spiro atoms. The lowest BCUT2D eigenvalue weighted by atomic mass is 10.6. The molecule has 16 heavy (non-hydrogen) atoms. The maximum absolute atomic E-state index is 10.9. The van der Waals surface area contributed by atoms with Crippen LogP contribution in [-0.2, 0) is 9.47 Å². The van der Waals surface area contributed by atoms with Gasteiger partial charge in [-0.1, -0.05) is 51.2 Å². The Morgan fingerprint density at radius 2 is 1.62 bits per heavy atom. The maximum atomic E-state index is 10.9. The van der Waals surface area contributed by atoms with Gasteiger partial charge in [0.2, 0.25) is 0 Å². The van der Waals surface area contributed by atoms with Gasteiger partial charge in [-0.2, -0.15) is 0 Å². The molecule has 0 heterocycles. The first-order chi connectivity index (χ1) is 7.16. The van der Waals surface area contributed by atoms with Crippen LogP contribution < -0.4 is 0 Å². The number of rotatable bonds is 6. The van der Waals surface area contributed by atoms with Crippen molar-refractivity contribution in [2.75, 3.05) is 13.3 Å². The summed E-state index contributed by atoms with van der Waals surface area (Å²) in [5.74, 6) is 0. The lowest BCUT2D eigenvalue weighted by Crippen LogP contribution is -2.34. The van der Waals surface area contributed by atoms with Gasteiger partial charge in [0.25, 0.3) is 0 Å². The maximum Gasteiger partial charge on any atom is 0.507 e. The average Bonchev–Trinajstić information content (AvgIpc) is 2.12. The van der Waals surface area contributed by atoms with Gasteiger partial charge < -0.3 is 9.47 Å². The van der Waals surface area contributed by atoms with E-state index in [-0.39, 0.29) is 0 Å². The van der Waals surface area contributed by atoms with Gasteiger partial charge in [-0.15, -0.1) is 0 Å². The van der Waals surface area contributed by atoms with Crippen molar-refractivity contribution in [2.24, 2.45) is 0 Å². The minimum absolute atomic E-state index is 0.550. The van der Waals surface area contributed by atoms with E-state index >= 15 is 0 Å². The molecule has 0 aliphatic carbocycles. The van der Waals surface area contributed by atoms with Gasteiger partial charge >= 0.3 is 6.16 Å². The van der Waals surface area contributed by atoms with Crippen LogP contribution in [0.25, 0.3) is 0 Å². The highest BCUT2D eigenvalue weighted by molar-refractivity contribution is 6.78. The largest absolute Gasteiger partial charge is 0.507 e. The summed E-state index contributed by atoms with van der Waals surface area (Å²) < 4.78 is 9.52. The third kappa shape index (κ3) is 8.97. The van der Waals surface area contributed by atoms with E-state index in [1.807, 2.05) is 0 Å². The molecule has 0 rings (SSSR count). The second-order valence-electron chi connectivity index (χ2n) is 6.32. The quantitative estimate of drug-likeness (QED) is 0.540. The first-order valence-corrected chi connectivity index (χ1v) is 13.0. The van der Waals surface area contributed by atoms with Crippen LogP contribution in [0.1, 0.15) is 6.42 Å². The van der Waals surface area contributed by atoms with Gasteiger partial charge in [-0.25, -0.2) is 4.79 Å². The summed E-state index contributed by atoms with van der Waals surface area (Å²) in [6.45, 7) is 11.7. The van der Waals surface area contributed by atoms with Crippen molar-refractivity contribution in [1.82, 2.24) is 0 Å². The molecule has 0 amide bonds. The predicted molar refractivity (Wildman–Crippen MR) is 73.4 cm³/mol. The Hall–Kier alpha value is -0.296. The van der Waals surface area contributed by atoms with E-state index in [4.69, 9.17) is 4.74 Å². The lowest BCUT2D eigenvalue weighted by molar-refractivity contribution is 0.0849. The zero-order valence-corrected chi connectivity index (χ0v) is 13.6. The minimum atomic E-state index is -1.38. The average molecular weight is 262 g/mol. The zero-order chi connectivity index (χ0) is 12.8. The summed E-state index contributed by atoms with van der Waals surface area (Å²) in [6.07, 6.45) is 1.30. The first-order valence-electron chi connectivity index (χ1n) is 5.87. The summed E-state index contributed by atoms with van der Waals surface area (Å²) in [5.41, 5.74) is 0. The Morgan fingerprint density at radius 3 is 2.06 bits per heavy atom. The fraction of sp³-hybridized carbons (Fsp3) is 0.909. The Kier molecular flexibility index (Phi) is 6.32. The number of methoxy groups -OCH3 is 1. The molecule has 0 aromatic carbocycles. The molecule has 0 aromatic rings. The van der Waals surface area contributed by atoms with Gasteiger partial charge in [-0.05, 0) is 0 Å². The Labute approximate surface area is 102 Å². The number of hydrogen-bond donors (Lipinski definition) is 0. The van der Waals surface area contributed by atoms with E-state index < -0.39 is 22.3 Å². The fourth-order valence-corrected chi connectivity index (χ4v) is 4.86. The highest BCUT2D eigenvalue weighted by Crippen LogP contribution is 2.19. The molecular weight excluding hydrogens is 236 g/mol. The van der Waals surface area contributed by atoms with E-state index in [9.17, 15) is 4.79 Å². The molecule has 96 valence electrons. The molecule has 0 N–H and O–H groups in total. The van der Waals surface area contributed by atoms with Crippen LogP contribution in [0.15, 0.2) is 0 Å². The van der Waals surface area contributed by atoms with Crippen LogP contribution in [0.2, 0.25) is 44.8 Å². The fourth-order valence-electron chi connectivity index (χ4n) is 1.48. The third-order valence-corrected chi connectivity index (χ3v) is 7.01. The zero-order valence-electron chi connectivity index (χ0n) is 11.6. The van der Waals surface area contributed by atoms with Gasteiger partial charge in [0.05, 0.1) is 21.4 Å². The smallest absolute Gasteiger partial charge is 0.438 e. The number of carbonyl (C=O) groups is 1. The summed E-state index contributed by atoms with van der Waals surface area (Å²) in [5, 5.41) is 0. The van der Waals surface area contributed by atoms with Gasteiger partial charge in [0.15, 0.2) is 0 Å². The van der Waals surface area contributed by atoms with E-state index in [1.165, 1.54) is 25.6 Å². The van der Waals surface area contributed by atoms with Gasteiger partial charge in [-0.3, -0.25) is 0 Å². The molecular formula is C11H26O3Si2. The van der Waals surface area contributed by atoms with E-state index in [0.29, 0.717) is 6.23 Å². The molecule has 0 bridgehead atoms. The Morgan fingerprint density at radius 1 is 1.06 bits per heavy atom. The number of ether oxygens (including phenoxy) is 2. The topological polar surface area (TPSA) is 35.5 Å². The molecule has 0 aliphatic heterocycles. The molecule has 0 saturated heterocycles. The molecule has 5 heteroatoms. The van der Waals surface area contributed by atoms with Crippen molar-refractivity contribution in [3.05, 3.63) is 0 Å². The SMILES string of the molecule is COC(=O)OC[Si](C)(C)CCC[Si](C)(C)C. The first kappa shape index (κ1) is 15.7. The Balaban J connectivity index is 3.82. The molecule has 0 fully saturated rings. The second-order valence-corrected chi connectivity index (χ2v) is 17.1. The molecule has 0 unspecified atom stereocenters. The van der Waals surface area contributed by atoms with Crippen molar-refractivity contribution >= 4 is 22.3 Å². The molecule has 0 atom stereocenters. The third-order valence-electron chi connectivity index (χ3n) is 2.53. The molecule has 0 aromatic heterocycles. The van der Waals surface area contributed by atoms with Crippen LogP contribution in [0, 0.1) is 0 Å². The predicted octanol–water partition coefficient (Wildman–Crippen LogP) is 3.75. The van der Waals surface area contributed by atoms with Crippen molar-refractivity contribution < 1.29 is 14.3 Å². The van der Waals surface area contributed by atoms with Crippen LogP contribution in [0.4, 0.5) is 4.79 Å².